The molecule has 2 aliphatic rings. The third-order valence-electron chi connectivity index (χ3n) is 9.02. The Balaban J connectivity index is 1.71. The summed E-state index contributed by atoms with van der Waals surface area (Å²) in [5.74, 6) is -1.62. The highest BCUT2D eigenvalue weighted by atomic mass is 16.6. The molecule has 12 nitrogen and oxygen atoms in total. The SMILES string of the molecule is C=CC(=O)OCC(COC(=O)CCN(CCC)CCCN1CCN(C)CC1)COC(=O)CCN(CCC)CCCN1CCN(C)CC1. The number of likely N-dealkylation sites (N-methyl/N-ethyl adjacent to an activating group) is 2. The summed E-state index contributed by atoms with van der Waals surface area (Å²) < 4.78 is 16.3. The molecule has 0 aromatic rings. The van der Waals surface area contributed by atoms with Gasteiger partial charge in [0.05, 0.1) is 18.8 Å². The molecule has 0 atom stereocenters. The van der Waals surface area contributed by atoms with Crippen LogP contribution in [0.3, 0.4) is 0 Å². The average Bonchev–Trinajstić information content (AvgIpc) is 3.07. The molecule has 0 radical (unpaired) electrons. The first-order chi connectivity index (χ1) is 22.7. The fraction of sp³-hybridized carbons (Fsp3) is 0.857. The van der Waals surface area contributed by atoms with E-state index < -0.39 is 11.9 Å². The minimum absolute atomic E-state index is 0.0158. The predicted molar refractivity (Wildman–Crippen MR) is 186 cm³/mol. The standard InChI is InChI=1S/C35H66N6O6/c1-6-13-38(15-9-17-40-25-21-36(4)22-26-40)19-11-34(43)46-30-32(29-45-33(42)8-3)31-47-35(44)12-20-39(14-7-2)16-10-18-41-27-23-37(5)24-28-41/h8,32H,3,6-7,9-31H2,1-2,4-5H3. The van der Waals surface area contributed by atoms with Gasteiger partial charge in [0, 0.05) is 71.5 Å². The number of hydrogen-bond donors (Lipinski definition) is 0. The zero-order valence-electron chi connectivity index (χ0n) is 30.2. The van der Waals surface area contributed by atoms with Gasteiger partial charge in [0.2, 0.25) is 0 Å². The van der Waals surface area contributed by atoms with Gasteiger partial charge in [-0.15, -0.1) is 0 Å². The Morgan fingerprint density at radius 2 is 1.04 bits per heavy atom. The van der Waals surface area contributed by atoms with Crippen LogP contribution in [0.25, 0.3) is 0 Å². The fourth-order valence-electron chi connectivity index (χ4n) is 5.95. The van der Waals surface area contributed by atoms with E-state index in [2.05, 4.69) is 63.9 Å². The van der Waals surface area contributed by atoms with E-state index in [1.807, 2.05) is 0 Å². The molecule has 272 valence electrons. The number of hydrogen-bond acceptors (Lipinski definition) is 12. The van der Waals surface area contributed by atoms with Crippen LogP contribution in [0.5, 0.6) is 0 Å². The summed E-state index contributed by atoms with van der Waals surface area (Å²) in [7, 11) is 4.34. The highest BCUT2D eigenvalue weighted by Gasteiger charge is 2.19. The monoisotopic (exact) mass is 667 g/mol. The van der Waals surface area contributed by atoms with Crippen molar-refractivity contribution in [1.29, 1.82) is 0 Å². The number of rotatable bonds is 25. The van der Waals surface area contributed by atoms with Gasteiger partial charge in [-0.05, 0) is 79.0 Å². The third-order valence-corrected chi connectivity index (χ3v) is 9.02. The first kappa shape index (κ1) is 41.1. The van der Waals surface area contributed by atoms with E-state index in [1.165, 1.54) is 0 Å². The molecule has 2 heterocycles. The minimum Gasteiger partial charge on any atom is -0.465 e. The van der Waals surface area contributed by atoms with Gasteiger partial charge in [-0.25, -0.2) is 4.79 Å². The van der Waals surface area contributed by atoms with Crippen molar-refractivity contribution in [2.45, 2.75) is 52.4 Å². The van der Waals surface area contributed by atoms with Crippen LogP contribution in [0.4, 0.5) is 0 Å². The molecular formula is C35H66N6O6. The molecule has 0 amide bonds. The molecule has 2 saturated heterocycles. The van der Waals surface area contributed by atoms with Crippen molar-refractivity contribution >= 4 is 17.9 Å². The number of ether oxygens (including phenoxy) is 3. The van der Waals surface area contributed by atoms with Gasteiger partial charge in [0.25, 0.3) is 0 Å². The number of carbonyl (C=O) groups excluding carboxylic acids is 3. The van der Waals surface area contributed by atoms with Gasteiger partial charge >= 0.3 is 17.9 Å². The molecule has 2 aliphatic heterocycles. The zero-order valence-corrected chi connectivity index (χ0v) is 30.2. The van der Waals surface area contributed by atoms with Crippen LogP contribution in [0.15, 0.2) is 12.7 Å². The zero-order chi connectivity index (χ0) is 34.3. The first-order valence-corrected chi connectivity index (χ1v) is 18.1. The lowest BCUT2D eigenvalue weighted by molar-refractivity contribution is -0.152. The van der Waals surface area contributed by atoms with Gasteiger partial charge in [-0.3, -0.25) is 9.59 Å². The molecule has 0 aromatic carbocycles. The Bertz CT molecular complexity index is 821. The van der Waals surface area contributed by atoms with Crippen molar-refractivity contribution in [3.8, 4) is 0 Å². The van der Waals surface area contributed by atoms with Crippen molar-refractivity contribution in [2.75, 3.05) is 139 Å². The van der Waals surface area contributed by atoms with Crippen molar-refractivity contribution < 1.29 is 28.6 Å². The molecule has 2 fully saturated rings. The third kappa shape index (κ3) is 19.5. The Morgan fingerprint density at radius 1 is 0.638 bits per heavy atom. The molecule has 0 spiro atoms. The summed E-state index contributed by atoms with van der Waals surface area (Å²) in [4.78, 5) is 51.5. The van der Waals surface area contributed by atoms with Crippen molar-refractivity contribution in [1.82, 2.24) is 29.4 Å². The van der Waals surface area contributed by atoms with E-state index in [-0.39, 0.29) is 44.6 Å². The first-order valence-electron chi connectivity index (χ1n) is 18.1. The Hall–Kier alpha value is -2.09. The lowest BCUT2D eigenvalue weighted by atomic mass is 10.2. The molecule has 47 heavy (non-hydrogen) atoms. The quantitative estimate of drug-likeness (QED) is 0.0809. The summed E-state index contributed by atoms with van der Waals surface area (Å²) in [6.07, 6.45) is 5.87. The van der Waals surface area contributed by atoms with Gasteiger partial charge < -0.3 is 43.6 Å². The van der Waals surface area contributed by atoms with Gasteiger partial charge in [-0.1, -0.05) is 20.4 Å². The van der Waals surface area contributed by atoms with Gasteiger partial charge in [0.1, 0.15) is 19.8 Å². The van der Waals surface area contributed by atoms with Gasteiger partial charge in [-0.2, -0.15) is 0 Å². The van der Waals surface area contributed by atoms with Crippen LogP contribution in [0.1, 0.15) is 52.4 Å². The van der Waals surface area contributed by atoms with Crippen LogP contribution in [0.2, 0.25) is 0 Å². The second-order valence-corrected chi connectivity index (χ2v) is 13.2. The second-order valence-electron chi connectivity index (χ2n) is 13.2. The van der Waals surface area contributed by atoms with E-state index in [9.17, 15) is 14.4 Å². The van der Waals surface area contributed by atoms with Crippen LogP contribution in [-0.2, 0) is 28.6 Å². The highest BCUT2D eigenvalue weighted by Crippen LogP contribution is 2.08. The van der Waals surface area contributed by atoms with Crippen LogP contribution in [-0.4, -0.2) is 186 Å². The fourth-order valence-corrected chi connectivity index (χ4v) is 5.95. The molecule has 0 unspecified atom stereocenters. The molecule has 0 aromatic heterocycles. The van der Waals surface area contributed by atoms with E-state index >= 15 is 0 Å². The lowest BCUT2D eigenvalue weighted by Crippen LogP contribution is -2.45. The normalized spacial score (nSPS) is 17.0. The summed E-state index contributed by atoms with van der Waals surface area (Å²) in [5, 5.41) is 0. The molecule has 12 heteroatoms. The van der Waals surface area contributed by atoms with E-state index in [4.69, 9.17) is 14.2 Å². The Kier molecular flexibility index (Phi) is 21.8. The van der Waals surface area contributed by atoms with Crippen molar-refractivity contribution in [2.24, 2.45) is 5.92 Å². The maximum atomic E-state index is 12.7. The highest BCUT2D eigenvalue weighted by molar-refractivity contribution is 5.81. The molecule has 0 aliphatic carbocycles. The summed E-state index contributed by atoms with van der Waals surface area (Å²) >= 11 is 0. The summed E-state index contributed by atoms with van der Waals surface area (Å²) in [5.41, 5.74) is 0. The van der Waals surface area contributed by atoms with Crippen molar-refractivity contribution in [3.05, 3.63) is 12.7 Å². The van der Waals surface area contributed by atoms with E-state index in [1.54, 1.807) is 0 Å². The minimum atomic E-state index is -0.564. The summed E-state index contributed by atoms with van der Waals surface area (Å²) in [6, 6.07) is 0. The Morgan fingerprint density at radius 3 is 1.43 bits per heavy atom. The van der Waals surface area contributed by atoms with E-state index in [0.29, 0.717) is 13.1 Å². The largest absolute Gasteiger partial charge is 0.465 e. The Labute approximate surface area is 285 Å². The number of carbonyl (C=O) groups is 3. The predicted octanol–water partition coefficient (Wildman–Crippen LogP) is 1.90. The van der Waals surface area contributed by atoms with Crippen molar-refractivity contribution in [3.63, 3.8) is 0 Å². The summed E-state index contributed by atoms with van der Waals surface area (Å²) in [6.45, 7) is 23.9. The smallest absolute Gasteiger partial charge is 0.330 e. The van der Waals surface area contributed by atoms with Crippen LogP contribution >= 0.6 is 0 Å². The molecule has 0 bridgehead atoms. The van der Waals surface area contributed by atoms with Crippen LogP contribution in [0, 0.1) is 5.92 Å². The lowest BCUT2D eigenvalue weighted by Gasteiger charge is -2.33. The number of nitrogens with zero attached hydrogens (tertiary/aromatic N) is 6. The number of piperazine rings is 2. The topological polar surface area (TPSA) is 98.3 Å². The molecule has 0 saturated carbocycles. The maximum absolute atomic E-state index is 12.7. The molecule has 2 rings (SSSR count). The average molecular weight is 667 g/mol. The second kappa shape index (κ2) is 25.0. The van der Waals surface area contributed by atoms with E-state index in [0.717, 1.165) is 123 Å². The number of esters is 3. The maximum Gasteiger partial charge on any atom is 0.330 e. The van der Waals surface area contributed by atoms with Gasteiger partial charge in [0.15, 0.2) is 0 Å². The van der Waals surface area contributed by atoms with Crippen LogP contribution < -0.4 is 0 Å². The molecular weight excluding hydrogens is 600 g/mol. The molecule has 0 N–H and O–H groups in total.